The van der Waals surface area contributed by atoms with Crippen molar-refractivity contribution >= 4 is 21.5 Å². The third kappa shape index (κ3) is 3.47. The Bertz CT molecular complexity index is 1580. The number of nitrogens with zero attached hydrogens (tertiary/aromatic N) is 2. The zero-order chi connectivity index (χ0) is 24.9. The van der Waals surface area contributed by atoms with E-state index in [2.05, 4.69) is 0 Å². The maximum atomic E-state index is 14.2. The van der Waals surface area contributed by atoms with Crippen LogP contribution in [-0.4, -0.2) is 18.6 Å². The van der Waals surface area contributed by atoms with E-state index in [4.69, 9.17) is 10.5 Å². The molecule has 9 heteroatoms. The number of phenols is 2. The second-order valence-electron chi connectivity index (χ2n) is 8.32. The third-order valence-corrected chi connectivity index (χ3v) is 8.15. The molecule has 0 spiro atoms. The molecule has 0 saturated carbocycles. The molecule has 35 heavy (non-hydrogen) atoms. The molecule has 0 aromatic heterocycles. The fourth-order valence-electron chi connectivity index (χ4n) is 4.47. The van der Waals surface area contributed by atoms with Crippen LogP contribution in [0.5, 0.6) is 11.5 Å². The molecule has 2 aliphatic rings. The minimum Gasteiger partial charge on any atom is -0.504 e. The lowest BCUT2D eigenvalue weighted by atomic mass is 9.88. The summed E-state index contributed by atoms with van der Waals surface area (Å²) < 4.78 is 35.5. The van der Waals surface area contributed by atoms with Gasteiger partial charge < -0.3 is 20.7 Å². The van der Waals surface area contributed by atoms with Crippen molar-refractivity contribution in [3.05, 3.63) is 105 Å². The number of aryl methyl sites for hydroxylation is 1. The van der Waals surface area contributed by atoms with Crippen molar-refractivity contribution < 1.29 is 23.4 Å². The van der Waals surface area contributed by atoms with Crippen LogP contribution in [0.1, 0.15) is 28.2 Å². The lowest BCUT2D eigenvalue weighted by Crippen LogP contribution is -2.39. The first-order valence-corrected chi connectivity index (χ1v) is 12.2. The molecule has 176 valence electrons. The van der Waals surface area contributed by atoms with Crippen LogP contribution in [0.2, 0.25) is 0 Å². The maximum Gasteiger partial charge on any atom is 0.265 e. The molecule has 3 aromatic rings. The van der Waals surface area contributed by atoms with Crippen LogP contribution in [-0.2, 0) is 21.3 Å². The van der Waals surface area contributed by atoms with Gasteiger partial charge in [0.15, 0.2) is 17.3 Å². The van der Waals surface area contributed by atoms with Gasteiger partial charge in [-0.1, -0.05) is 42.5 Å². The summed E-state index contributed by atoms with van der Waals surface area (Å²) in [5, 5.41) is 29.8. The smallest absolute Gasteiger partial charge is 0.265 e. The van der Waals surface area contributed by atoms with Crippen LogP contribution in [0.4, 0.5) is 5.69 Å². The highest BCUT2D eigenvalue weighted by atomic mass is 32.2. The quantitative estimate of drug-likeness (QED) is 0.476. The average Bonchev–Trinajstić information content (AvgIpc) is 2.83. The Morgan fingerprint density at radius 2 is 1.77 bits per heavy atom. The van der Waals surface area contributed by atoms with E-state index < -0.39 is 21.7 Å². The zero-order valence-electron chi connectivity index (χ0n) is 18.6. The number of benzene rings is 3. The van der Waals surface area contributed by atoms with Gasteiger partial charge in [0.05, 0.1) is 18.2 Å². The van der Waals surface area contributed by atoms with Crippen molar-refractivity contribution in [1.82, 2.24) is 0 Å². The van der Waals surface area contributed by atoms with Gasteiger partial charge in [0.1, 0.15) is 16.5 Å². The largest absolute Gasteiger partial charge is 0.504 e. The summed E-state index contributed by atoms with van der Waals surface area (Å²) in [5.41, 5.74) is 8.96. The van der Waals surface area contributed by atoms with E-state index in [0.29, 0.717) is 11.3 Å². The van der Waals surface area contributed by atoms with Crippen molar-refractivity contribution in [3.8, 4) is 17.6 Å². The highest BCUT2D eigenvalue weighted by Crippen LogP contribution is 2.51. The van der Waals surface area contributed by atoms with Gasteiger partial charge in [-0.25, -0.2) is 8.42 Å². The van der Waals surface area contributed by atoms with Gasteiger partial charge in [-0.2, -0.15) is 5.26 Å². The molecule has 4 N–H and O–H groups in total. The standard InChI is InChI=1S/C26H21N3O5S/c1-15-6-2-3-7-17(15)14-29-20-9-5-4-8-18(20)24-25(35(29,32)33)23(19(13-27)26(28)34-24)16-10-11-21(30)22(31)12-16/h2-12,23,30-31H,14,28H2,1H3/t23-/m0/s1. The molecule has 0 bridgehead atoms. The Morgan fingerprint density at radius 3 is 2.49 bits per heavy atom. The summed E-state index contributed by atoms with van der Waals surface area (Å²) >= 11 is 0. The van der Waals surface area contributed by atoms with E-state index in [9.17, 15) is 23.9 Å². The normalized spacial score (nSPS) is 18.4. The van der Waals surface area contributed by atoms with E-state index in [0.717, 1.165) is 11.1 Å². The van der Waals surface area contributed by atoms with Crippen LogP contribution < -0.4 is 10.0 Å². The molecule has 3 aromatic carbocycles. The Morgan fingerprint density at radius 1 is 1.06 bits per heavy atom. The first-order chi connectivity index (χ1) is 16.7. The monoisotopic (exact) mass is 487 g/mol. The molecule has 2 heterocycles. The number of allylic oxidation sites excluding steroid dienone is 2. The number of fused-ring (bicyclic) bond motifs is 2. The van der Waals surface area contributed by atoms with Crippen LogP contribution in [0.15, 0.2) is 83.1 Å². The van der Waals surface area contributed by atoms with Crippen LogP contribution in [0.3, 0.4) is 0 Å². The lowest BCUT2D eigenvalue weighted by Gasteiger charge is -2.38. The maximum absolute atomic E-state index is 14.2. The van der Waals surface area contributed by atoms with Crippen molar-refractivity contribution in [2.75, 3.05) is 4.31 Å². The molecule has 0 saturated heterocycles. The summed E-state index contributed by atoms with van der Waals surface area (Å²) in [6, 6.07) is 20.3. The molecular weight excluding hydrogens is 466 g/mol. The first-order valence-electron chi connectivity index (χ1n) is 10.7. The van der Waals surface area contributed by atoms with Crippen molar-refractivity contribution in [2.45, 2.75) is 19.4 Å². The summed E-state index contributed by atoms with van der Waals surface area (Å²) in [6.45, 7) is 1.98. The molecule has 0 aliphatic carbocycles. The van der Waals surface area contributed by atoms with E-state index in [-0.39, 0.29) is 40.0 Å². The van der Waals surface area contributed by atoms with E-state index >= 15 is 0 Å². The molecule has 1 atom stereocenters. The molecule has 2 aliphatic heterocycles. The summed E-state index contributed by atoms with van der Waals surface area (Å²) in [7, 11) is -4.24. The molecular formula is C26H21N3O5S. The predicted octanol–water partition coefficient (Wildman–Crippen LogP) is 3.93. The number of phenolic OH excluding ortho intramolecular Hbond substituents is 2. The SMILES string of the molecule is Cc1ccccc1CN1c2ccccc2C2=C([C@@H](c3ccc(O)c(O)c3)C(C#N)=C(N)O2)S1(=O)=O. The highest BCUT2D eigenvalue weighted by molar-refractivity contribution is 7.96. The summed E-state index contributed by atoms with van der Waals surface area (Å²) in [6.07, 6.45) is 0. The Labute approximate surface area is 202 Å². The van der Waals surface area contributed by atoms with Gasteiger partial charge in [0, 0.05) is 5.56 Å². The van der Waals surface area contributed by atoms with E-state index in [1.807, 2.05) is 37.3 Å². The number of aromatic hydroxyl groups is 2. The van der Waals surface area contributed by atoms with Crippen molar-refractivity contribution in [1.29, 1.82) is 5.26 Å². The Hall–Kier alpha value is -4.42. The summed E-state index contributed by atoms with van der Waals surface area (Å²) in [4.78, 5) is -0.152. The summed E-state index contributed by atoms with van der Waals surface area (Å²) in [5.74, 6) is -2.15. The number of nitriles is 1. The number of sulfonamides is 1. The fraction of sp³-hybridized carbons (Fsp3) is 0.115. The number of ether oxygens (including phenoxy) is 1. The van der Waals surface area contributed by atoms with Crippen LogP contribution >= 0.6 is 0 Å². The number of hydrogen-bond donors (Lipinski definition) is 3. The Kier molecular flexibility index (Phi) is 5.19. The van der Waals surface area contributed by atoms with Gasteiger partial charge in [-0.3, -0.25) is 4.31 Å². The second-order valence-corrected chi connectivity index (χ2v) is 10.2. The molecule has 8 nitrogen and oxygen atoms in total. The number of nitrogens with two attached hydrogens (primary N) is 1. The number of anilines is 1. The second kappa shape index (κ2) is 8.11. The van der Waals surface area contributed by atoms with Gasteiger partial charge in [-0.15, -0.1) is 0 Å². The zero-order valence-corrected chi connectivity index (χ0v) is 19.5. The van der Waals surface area contributed by atoms with E-state index in [1.54, 1.807) is 24.3 Å². The van der Waals surface area contributed by atoms with Crippen LogP contribution in [0, 0.1) is 18.3 Å². The van der Waals surface area contributed by atoms with Gasteiger partial charge >= 0.3 is 0 Å². The highest BCUT2D eigenvalue weighted by Gasteiger charge is 2.47. The predicted molar refractivity (Wildman–Crippen MR) is 130 cm³/mol. The van der Waals surface area contributed by atoms with Gasteiger partial charge in [0.2, 0.25) is 5.88 Å². The third-order valence-electron chi connectivity index (χ3n) is 6.27. The number of hydrogen-bond acceptors (Lipinski definition) is 7. The minimum atomic E-state index is -4.24. The fourth-order valence-corrected chi connectivity index (χ4v) is 6.38. The molecule has 0 radical (unpaired) electrons. The van der Waals surface area contributed by atoms with Crippen LogP contribution in [0.25, 0.3) is 5.76 Å². The van der Waals surface area contributed by atoms with E-state index in [1.165, 1.54) is 22.5 Å². The Balaban J connectivity index is 1.78. The number of rotatable bonds is 3. The molecule has 0 amide bonds. The lowest BCUT2D eigenvalue weighted by molar-refractivity contribution is 0.357. The molecule has 0 unspecified atom stereocenters. The minimum absolute atomic E-state index is 0.0377. The molecule has 0 fully saturated rings. The topological polar surface area (TPSA) is 137 Å². The number of para-hydroxylation sites is 1. The first kappa shape index (κ1) is 22.4. The molecule has 5 rings (SSSR count). The average molecular weight is 488 g/mol. The van der Waals surface area contributed by atoms with Gasteiger partial charge in [-0.05, 0) is 47.9 Å². The van der Waals surface area contributed by atoms with Crippen molar-refractivity contribution in [3.63, 3.8) is 0 Å². The van der Waals surface area contributed by atoms with Crippen molar-refractivity contribution in [2.24, 2.45) is 5.73 Å². The van der Waals surface area contributed by atoms with Gasteiger partial charge in [0.25, 0.3) is 10.0 Å².